The van der Waals surface area contributed by atoms with E-state index in [1.54, 1.807) is 7.05 Å². The Kier molecular flexibility index (Phi) is 6.23. The van der Waals surface area contributed by atoms with Gasteiger partial charge in [0, 0.05) is 49.6 Å². The zero-order valence-electron chi connectivity index (χ0n) is 17.5. The van der Waals surface area contributed by atoms with Crippen LogP contribution < -0.4 is 15.5 Å². The van der Waals surface area contributed by atoms with Crippen LogP contribution in [0.3, 0.4) is 0 Å². The topological polar surface area (TPSA) is 91.7 Å². The molecule has 30 heavy (non-hydrogen) atoms. The number of benzene rings is 1. The lowest BCUT2D eigenvalue weighted by molar-refractivity contribution is 0.122. The van der Waals surface area contributed by atoms with E-state index in [-0.39, 0.29) is 12.1 Å². The van der Waals surface area contributed by atoms with Gasteiger partial charge in [-0.3, -0.25) is 4.99 Å². The van der Waals surface area contributed by atoms with Crippen molar-refractivity contribution in [2.24, 2.45) is 4.99 Å². The predicted molar refractivity (Wildman–Crippen MR) is 119 cm³/mol. The molecule has 1 unspecified atom stereocenters. The minimum absolute atomic E-state index is 0.245. The van der Waals surface area contributed by atoms with Crippen LogP contribution in [0.5, 0.6) is 0 Å². The third kappa shape index (κ3) is 4.43. The fourth-order valence-electron chi connectivity index (χ4n) is 3.79. The molecule has 0 saturated carbocycles. The van der Waals surface area contributed by atoms with Crippen LogP contribution in [-0.2, 0) is 11.2 Å². The number of nitrogens with one attached hydrogen (secondary N) is 2. The van der Waals surface area contributed by atoms with Crippen molar-refractivity contribution in [1.29, 1.82) is 0 Å². The van der Waals surface area contributed by atoms with Gasteiger partial charge in [-0.15, -0.1) is 0 Å². The van der Waals surface area contributed by atoms with Gasteiger partial charge in [0.1, 0.15) is 0 Å². The monoisotopic (exact) mass is 408 g/mol. The average molecular weight is 409 g/mol. The van der Waals surface area contributed by atoms with E-state index in [4.69, 9.17) is 19.7 Å². The van der Waals surface area contributed by atoms with Crippen molar-refractivity contribution in [2.75, 3.05) is 43.6 Å². The van der Waals surface area contributed by atoms with Crippen molar-refractivity contribution in [1.82, 2.24) is 15.3 Å². The molecule has 0 radical (unpaired) electrons. The lowest BCUT2D eigenvalue weighted by Crippen LogP contribution is -2.38. The smallest absolute Gasteiger partial charge is 0.318 e. The van der Waals surface area contributed by atoms with Gasteiger partial charge >= 0.3 is 6.03 Å². The highest BCUT2D eigenvalue weighted by Gasteiger charge is 2.24. The van der Waals surface area contributed by atoms with Gasteiger partial charge in [0.2, 0.25) is 5.95 Å². The number of urea groups is 1. The highest BCUT2D eigenvalue weighted by atomic mass is 16.5. The van der Waals surface area contributed by atoms with Crippen LogP contribution in [0.4, 0.5) is 16.4 Å². The molecular weight excluding hydrogens is 380 g/mol. The average Bonchev–Trinajstić information content (AvgIpc) is 2.79. The van der Waals surface area contributed by atoms with Gasteiger partial charge in [0.15, 0.2) is 0 Å². The molecule has 1 aromatic carbocycles. The zero-order valence-corrected chi connectivity index (χ0v) is 17.5. The maximum absolute atomic E-state index is 11.6. The Bertz CT molecular complexity index is 922. The highest BCUT2D eigenvalue weighted by molar-refractivity contribution is 5.92. The zero-order chi connectivity index (χ0) is 20.9. The molecule has 1 atom stereocenters. The molecular formula is C22H28N6O2. The van der Waals surface area contributed by atoms with Crippen molar-refractivity contribution in [3.05, 3.63) is 35.5 Å². The summed E-state index contributed by atoms with van der Waals surface area (Å²) < 4.78 is 5.49. The summed E-state index contributed by atoms with van der Waals surface area (Å²) in [5, 5.41) is 5.34. The Hall–Kier alpha value is -3.00. The molecule has 1 saturated heterocycles. The number of carbonyl (C=O) groups is 1. The van der Waals surface area contributed by atoms with Gasteiger partial charge in [0.25, 0.3) is 0 Å². The molecule has 2 aliphatic rings. The van der Waals surface area contributed by atoms with Gasteiger partial charge in [-0.25, -0.2) is 14.8 Å². The second-order valence-corrected chi connectivity index (χ2v) is 7.54. The Balaban J connectivity index is 1.70. The number of morpholine rings is 1. The van der Waals surface area contributed by atoms with Gasteiger partial charge in [-0.2, -0.15) is 0 Å². The molecule has 8 nitrogen and oxygen atoms in total. The number of aliphatic imine (C=N–C) groups is 1. The van der Waals surface area contributed by atoms with E-state index in [9.17, 15) is 4.79 Å². The molecule has 8 heteroatoms. The Morgan fingerprint density at radius 2 is 1.97 bits per heavy atom. The number of hydrogen-bond donors (Lipinski definition) is 2. The normalized spacial score (nSPS) is 18.1. The predicted octanol–water partition coefficient (Wildman–Crippen LogP) is 2.88. The first-order chi connectivity index (χ1) is 14.7. The summed E-state index contributed by atoms with van der Waals surface area (Å²) in [4.78, 5) is 28.4. The number of carbonyl (C=O) groups excluding carboxylic acids is 1. The molecule has 2 amide bonds. The van der Waals surface area contributed by atoms with Gasteiger partial charge in [-0.1, -0.05) is 25.5 Å². The fourth-order valence-corrected chi connectivity index (χ4v) is 3.79. The van der Waals surface area contributed by atoms with Crippen LogP contribution in [0.25, 0.3) is 11.3 Å². The van der Waals surface area contributed by atoms with Crippen molar-refractivity contribution >= 4 is 23.9 Å². The quantitative estimate of drug-likeness (QED) is 0.794. The number of fused-ring (bicyclic) bond motifs is 1. The highest BCUT2D eigenvalue weighted by Crippen LogP contribution is 2.30. The maximum atomic E-state index is 11.6. The number of nitrogens with zero attached hydrogens (tertiary/aromatic N) is 4. The van der Waals surface area contributed by atoms with Crippen molar-refractivity contribution in [3.8, 4) is 11.3 Å². The minimum Gasteiger partial charge on any atom is -0.378 e. The number of aromatic nitrogens is 2. The van der Waals surface area contributed by atoms with Crippen LogP contribution in [0.15, 0.2) is 29.3 Å². The SMILES string of the molecule is CCCC1Cc2nc(N3CCOCC3)nc(-c3ccc(NC(=O)NC)cc3)c2C=N1. The van der Waals surface area contributed by atoms with E-state index >= 15 is 0 Å². The molecule has 2 N–H and O–H groups in total. The molecule has 2 aromatic rings. The van der Waals surface area contributed by atoms with E-state index in [1.165, 1.54) is 0 Å². The molecule has 4 rings (SSSR count). The fraction of sp³-hybridized carbons (Fsp3) is 0.455. The van der Waals surface area contributed by atoms with Crippen LogP contribution in [0.2, 0.25) is 0 Å². The largest absolute Gasteiger partial charge is 0.378 e. The number of ether oxygens (including phenoxy) is 1. The summed E-state index contributed by atoms with van der Waals surface area (Å²) in [5.74, 6) is 0.755. The van der Waals surface area contributed by atoms with Crippen molar-refractivity contribution in [3.63, 3.8) is 0 Å². The first-order valence-corrected chi connectivity index (χ1v) is 10.5. The Morgan fingerprint density at radius 1 is 1.20 bits per heavy atom. The Morgan fingerprint density at radius 3 is 2.67 bits per heavy atom. The lowest BCUT2D eigenvalue weighted by atomic mass is 9.96. The molecule has 3 heterocycles. The minimum atomic E-state index is -0.245. The van der Waals surface area contributed by atoms with E-state index in [1.807, 2.05) is 30.5 Å². The molecule has 1 fully saturated rings. The summed E-state index contributed by atoms with van der Waals surface area (Å²) in [6.07, 6.45) is 4.94. The van der Waals surface area contributed by atoms with Crippen molar-refractivity contribution in [2.45, 2.75) is 32.2 Å². The van der Waals surface area contributed by atoms with E-state index in [0.717, 1.165) is 66.5 Å². The van der Waals surface area contributed by atoms with Gasteiger partial charge in [-0.05, 0) is 18.6 Å². The summed E-state index contributed by atoms with van der Waals surface area (Å²) in [6.45, 7) is 5.15. The standard InChI is InChI=1S/C22H28N6O2/c1-3-4-17-13-19-18(14-24-17)20(27-21(26-19)28-9-11-30-12-10-28)15-5-7-16(8-6-15)25-22(29)23-2/h5-8,14,17H,3-4,9-13H2,1-2H3,(H2,23,25,29). The summed E-state index contributed by atoms with van der Waals surface area (Å²) in [6, 6.07) is 7.75. The Labute approximate surface area is 176 Å². The first kappa shape index (κ1) is 20.3. The van der Waals surface area contributed by atoms with E-state index < -0.39 is 0 Å². The van der Waals surface area contributed by atoms with E-state index in [0.29, 0.717) is 13.2 Å². The maximum Gasteiger partial charge on any atom is 0.318 e. The lowest BCUT2D eigenvalue weighted by Gasteiger charge is -2.29. The van der Waals surface area contributed by atoms with Crippen LogP contribution in [0.1, 0.15) is 31.0 Å². The third-order valence-electron chi connectivity index (χ3n) is 5.42. The summed E-state index contributed by atoms with van der Waals surface area (Å²) in [7, 11) is 1.59. The molecule has 1 aromatic heterocycles. The molecule has 2 aliphatic heterocycles. The van der Waals surface area contributed by atoms with Gasteiger partial charge < -0.3 is 20.3 Å². The summed E-state index contributed by atoms with van der Waals surface area (Å²) in [5.41, 5.74) is 4.64. The molecule has 0 aliphatic carbocycles. The van der Waals surface area contributed by atoms with Crippen LogP contribution >= 0.6 is 0 Å². The van der Waals surface area contributed by atoms with E-state index in [2.05, 4.69) is 22.5 Å². The second-order valence-electron chi connectivity index (χ2n) is 7.54. The third-order valence-corrected chi connectivity index (χ3v) is 5.42. The van der Waals surface area contributed by atoms with Crippen LogP contribution in [-0.4, -0.2) is 61.6 Å². The second kappa shape index (κ2) is 9.21. The summed E-state index contributed by atoms with van der Waals surface area (Å²) >= 11 is 0. The first-order valence-electron chi connectivity index (χ1n) is 10.5. The molecule has 158 valence electrons. The molecule has 0 bridgehead atoms. The number of anilines is 2. The number of hydrogen-bond acceptors (Lipinski definition) is 6. The molecule has 0 spiro atoms. The van der Waals surface area contributed by atoms with Crippen LogP contribution in [0, 0.1) is 0 Å². The van der Waals surface area contributed by atoms with Crippen molar-refractivity contribution < 1.29 is 9.53 Å². The number of rotatable bonds is 5. The number of amides is 2. The van der Waals surface area contributed by atoms with Gasteiger partial charge in [0.05, 0.1) is 30.6 Å².